The topological polar surface area (TPSA) is 60.2 Å². The molecule has 2 aromatic carbocycles. The summed E-state index contributed by atoms with van der Waals surface area (Å²) in [5, 5.41) is 1.34. The van der Waals surface area contributed by atoms with Crippen LogP contribution in [0.25, 0.3) is 21.9 Å². The number of hydrogen-bond acceptors (Lipinski definition) is 4. The highest BCUT2D eigenvalue weighted by Crippen LogP contribution is 2.36. The summed E-state index contributed by atoms with van der Waals surface area (Å²) in [5.74, 6) is -0.345. The average molecular weight is 299 g/mol. The average Bonchev–Trinajstić information content (AvgIpc) is 2.99. The third kappa shape index (κ3) is 1.47. The Kier molecular flexibility index (Phi) is 2.21. The number of carbonyl (C=O) groups excluding carboxylic acids is 2. The van der Waals surface area contributed by atoms with Crippen LogP contribution in [0, 0.1) is 0 Å². The molecule has 23 heavy (non-hydrogen) atoms. The molecule has 2 heterocycles. The fourth-order valence-corrected chi connectivity index (χ4v) is 3.24. The SMILES string of the molecule is O=C1c2oc3ccccc3c2C(=O)c2cnc3ccccc3c21. The fraction of sp³-hybridized carbons (Fsp3) is 0. The molecule has 1 aliphatic rings. The molecule has 0 saturated heterocycles. The van der Waals surface area contributed by atoms with Crippen LogP contribution in [0.4, 0.5) is 0 Å². The lowest BCUT2D eigenvalue weighted by molar-refractivity contribution is 0.0963. The first-order valence-corrected chi connectivity index (χ1v) is 7.24. The molecule has 0 saturated carbocycles. The smallest absolute Gasteiger partial charge is 0.230 e. The number of pyridine rings is 1. The molecule has 108 valence electrons. The predicted molar refractivity (Wildman–Crippen MR) is 84.8 cm³/mol. The Bertz CT molecular complexity index is 1150. The third-order valence-corrected chi connectivity index (χ3v) is 4.28. The normalized spacial score (nSPS) is 13.4. The van der Waals surface area contributed by atoms with Crippen molar-refractivity contribution in [2.45, 2.75) is 0 Å². The Balaban J connectivity index is 1.93. The van der Waals surface area contributed by atoms with E-state index in [-0.39, 0.29) is 17.3 Å². The Labute approximate surface area is 130 Å². The van der Waals surface area contributed by atoms with Gasteiger partial charge in [-0.1, -0.05) is 36.4 Å². The van der Waals surface area contributed by atoms with E-state index >= 15 is 0 Å². The zero-order valence-corrected chi connectivity index (χ0v) is 11.9. The maximum absolute atomic E-state index is 13.0. The molecule has 4 nitrogen and oxygen atoms in total. The molecule has 0 spiro atoms. The van der Waals surface area contributed by atoms with E-state index in [1.54, 1.807) is 18.2 Å². The van der Waals surface area contributed by atoms with Crippen LogP contribution in [0.15, 0.2) is 59.1 Å². The molecule has 0 radical (unpaired) electrons. The van der Waals surface area contributed by atoms with Crippen molar-refractivity contribution in [3.63, 3.8) is 0 Å². The van der Waals surface area contributed by atoms with Gasteiger partial charge in [0, 0.05) is 22.5 Å². The summed E-state index contributed by atoms with van der Waals surface area (Å²) < 4.78 is 5.69. The Hall–Kier alpha value is -3.27. The largest absolute Gasteiger partial charge is 0.452 e. The van der Waals surface area contributed by atoms with E-state index in [4.69, 9.17) is 4.42 Å². The van der Waals surface area contributed by atoms with Crippen molar-refractivity contribution in [2.24, 2.45) is 0 Å². The first kappa shape index (κ1) is 12.3. The van der Waals surface area contributed by atoms with Crippen LogP contribution >= 0.6 is 0 Å². The summed E-state index contributed by atoms with van der Waals surface area (Å²) in [6, 6.07) is 14.5. The second kappa shape index (κ2) is 4.14. The summed E-state index contributed by atoms with van der Waals surface area (Å²) >= 11 is 0. The first-order chi connectivity index (χ1) is 11.3. The number of furan rings is 1. The molecule has 0 aliphatic heterocycles. The van der Waals surface area contributed by atoms with E-state index < -0.39 is 0 Å². The van der Waals surface area contributed by atoms with Crippen molar-refractivity contribution < 1.29 is 14.0 Å². The lowest BCUT2D eigenvalue weighted by Gasteiger charge is -2.15. The first-order valence-electron chi connectivity index (χ1n) is 7.24. The molecular weight excluding hydrogens is 290 g/mol. The number of nitrogens with zero attached hydrogens (tertiary/aromatic N) is 1. The lowest BCUT2D eigenvalue weighted by Crippen LogP contribution is -2.20. The van der Waals surface area contributed by atoms with Crippen LogP contribution in [0.2, 0.25) is 0 Å². The van der Waals surface area contributed by atoms with Crippen molar-refractivity contribution in [1.29, 1.82) is 0 Å². The zero-order chi connectivity index (χ0) is 15.6. The molecule has 4 aromatic rings. The highest BCUT2D eigenvalue weighted by atomic mass is 16.3. The van der Waals surface area contributed by atoms with Gasteiger partial charge in [-0.3, -0.25) is 14.6 Å². The quantitative estimate of drug-likeness (QED) is 0.437. The van der Waals surface area contributed by atoms with Crippen LogP contribution < -0.4 is 0 Å². The highest BCUT2D eigenvalue weighted by molar-refractivity contribution is 6.34. The van der Waals surface area contributed by atoms with Crippen LogP contribution in [0.1, 0.15) is 32.0 Å². The van der Waals surface area contributed by atoms with Crippen LogP contribution in [-0.2, 0) is 0 Å². The zero-order valence-electron chi connectivity index (χ0n) is 11.9. The standard InChI is InChI=1S/C19H9NO3/c21-17-12-9-20-13-7-3-1-5-10(13)15(12)18(22)19-16(17)11-6-2-4-8-14(11)23-19/h1-9H. The minimum atomic E-state index is -0.260. The molecule has 2 aromatic heterocycles. The van der Waals surface area contributed by atoms with Crippen LogP contribution in [-0.4, -0.2) is 16.6 Å². The number of aromatic nitrogens is 1. The minimum Gasteiger partial charge on any atom is -0.452 e. The number of para-hydroxylation sites is 2. The number of carbonyl (C=O) groups is 2. The maximum atomic E-state index is 13.0. The summed E-state index contributed by atoms with van der Waals surface area (Å²) in [6.07, 6.45) is 1.49. The van der Waals surface area contributed by atoms with E-state index in [1.807, 2.05) is 30.3 Å². The van der Waals surface area contributed by atoms with Gasteiger partial charge in [-0.15, -0.1) is 0 Å². The van der Waals surface area contributed by atoms with Gasteiger partial charge >= 0.3 is 0 Å². The predicted octanol–water partition coefficient (Wildman–Crippen LogP) is 3.76. The van der Waals surface area contributed by atoms with Gasteiger partial charge in [-0.25, -0.2) is 0 Å². The van der Waals surface area contributed by atoms with Gasteiger partial charge in [0.1, 0.15) is 5.58 Å². The summed E-state index contributed by atoms with van der Waals surface area (Å²) in [7, 11) is 0. The molecule has 0 bridgehead atoms. The Morgan fingerprint density at radius 2 is 1.52 bits per heavy atom. The van der Waals surface area contributed by atoms with Crippen molar-refractivity contribution in [3.8, 4) is 0 Å². The number of benzene rings is 2. The lowest BCUT2D eigenvalue weighted by atomic mass is 9.86. The molecule has 5 rings (SSSR count). The molecule has 0 atom stereocenters. The van der Waals surface area contributed by atoms with Gasteiger partial charge in [-0.05, 0) is 12.1 Å². The molecule has 0 amide bonds. The molecule has 4 heteroatoms. The molecule has 0 fully saturated rings. The highest BCUT2D eigenvalue weighted by Gasteiger charge is 2.36. The second-order valence-corrected chi connectivity index (χ2v) is 5.52. The fourth-order valence-electron chi connectivity index (χ4n) is 3.24. The monoisotopic (exact) mass is 299 g/mol. The van der Waals surface area contributed by atoms with Gasteiger partial charge < -0.3 is 4.42 Å². The van der Waals surface area contributed by atoms with Crippen molar-refractivity contribution in [1.82, 2.24) is 4.98 Å². The third-order valence-electron chi connectivity index (χ3n) is 4.28. The van der Waals surface area contributed by atoms with Gasteiger partial charge in [-0.2, -0.15) is 0 Å². The van der Waals surface area contributed by atoms with Gasteiger partial charge in [0.05, 0.1) is 16.6 Å². The molecule has 0 unspecified atom stereocenters. The molecular formula is C19H9NO3. The molecule has 0 N–H and O–H groups in total. The summed E-state index contributed by atoms with van der Waals surface area (Å²) in [4.78, 5) is 30.2. The minimum absolute atomic E-state index is 0.125. The number of ketones is 2. The van der Waals surface area contributed by atoms with Crippen LogP contribution in [0.5, 0.6) is 0 Å². The van der Waals surface area contributed by atoms with Crippen LogP contribution in [0.3, 0.4) is 0 Å². The van der Waals surface area contributed by atoms with Gasteiger partial charge in [0.2, 0.25) is 5.78 Å². The summed E-state index contributed by atoms with van der Waals surface area (Å²) in [6.45, 7) is 0. The van der Waals surface area contributed by atoms with E-state index in [1.165, 1.54) is 6.20 Å². The van der Waals surface area contributed by atoms with Gasteiger partial charge in [0.15, 0.2) is 11.5 Å². The van der Waals surface area contributed by atoms with E-state index in [9.17, 15) is 9.59 Å². The summed E-state index contributed by atoms with van der Waals surface area (Å²) in [5.41, 5.74) is 2.30. The number of rotatable bonds is 0. The van der Waals surface area contributed by atoms with E-state index in [0.717, 1.165) is 0 Å². The number of fused-ring (bicyclic) bond motifs is 6. The van der Waals surface area contributed by atoms with Crippen molar-refractivity contribution >= 4 is 33.4 Å². The second-order valence-electron chi connectivity index (χ2n) is 5.52. The van der Waals surface area contributed by atoms with E-state index in [2.05, 4.69) is 4.98 Å². The Morgan fingerprint density at radius 1 is 0.783 bits per heavy atom. The number of hydrogen-bond donors (Lipinski definition) is 0. The van der Waals surface area contributed by atoms with Gasteiger partial charge in [0.25, 0.3) is 0 Å². The van der Waals surface area contributed by atoms with Crippen molar-refractivity contribution in [2.75, 3.05) is 0 Å². The van der Waals surface area contributed by atoms with Crippen molar-refractivity contribution in [3.05, 3.63) is 77.2 Å². The Morgan fingerprint density at radius 3 is 2.39 bits per heavy atom. The van der Waals surface area contributed by atoms with E-state index in [0.29, 0.717) is 38.6 Å². The molecule has 1 aliphatic carbocycles. The maximum Gasteiger partial charge on any atom is 0.230 e.